The smallest absolute Gasteiger partial charge is 0.392 e. The summed E-state index contributed by atoms with van der Waals surface area (Å²) in [5.41, 5.74) is 0. The van der Waals surface area contributed by atoms with Crippen molar-refractivity contribution in [2.75, 3.05) is 19.6 Å². The van der Waals surface area contributed by atoms with E-state index in [1.807, 2.05) is 35.2 Å². The monoisotopic (exact) mass is 273 g/mol. The fourth-order valence-electron chi connectivity index (χ4n) is 2.99. The first-order chi connectivity index (χ1) is 9.84. The van der Waals surface area contributed by atoms with E-state index in [1.54, 1.807) is 0 Å². The Morgan fingerprint density at radius 1 is 1.05 bits per heavy atom. The van der Waals surface area contributed by atoms with E-state index in [-0.39, 0.29) is 6.09 Å². The van der Waals surface area contributed by atoms with E-state index in [4.69, 9.17) is 4.74 Å². The molecule has 1 aromatic carbocycles. The van der Waals surface area contributed by atoms with Crippen LogP contribution in [0.2, 0.25) is 0 Å². The fraction of sp³-hybridized carbons (Fsp3) is 0.500. The van der Waals surface area contributed by atoms with E-state index >= 15 is 0 Å². The average molecular weight is 273 g/mol. The van der Waals surface area contributed by atoms with Gasteiger partial charge in [0.05, 0.1) is 13.1 Å². The molecule has 2 heterocycles. The standard InChI is InChI=1S/C16H21N2O2/c19-16(20-14-8-3-1-4-9-14)18-13-7-12-17-11-6-2-5-10-15(17)18/h1,3-4,8-9H,2,5-7,10-13H2/q+1. The number of benzene rings is 1. The predicted molar refractivity (Wildman–Crippen MR) is 77.3 cm³/mol. The first kappa shape index (κ1) is 13.2. The molecule has 1 amide bonds. The molecule has 0 N–H and O–H groups in total. The predicted octanol–water partition coefficient (Wildman–Crippen LogP) is 2.88. The average Bonchev–Trinajstić information content (AvgIpc) is 2.73. The number of carbonyl (C=O) groups is 1. The van der Waals surface area contributed by atoms with Gasteiger partial charge in [0.2, 0.25) is 0 Å². The zero-order valence-corrected chi connectivity index (χ0v) is 11.8. The maximum absolute atomic E-state index is 12.4. The Hall–Kier alpha value is -1.84. The maximum Gasteiger partial charge on any atom is 0.512 e. The molecule has 0 fully saturated rings. The van der Waals surface area contributed by atoms with Gasteiger partial charge in [0.25, 0.3) is 5.84 Å². The lowest BCUT2D eigenvalue weighted by Crippen LogP contribution is -2.48. The van der Waals surface area contributed by atoms with Crippen molar-refractivity contribution in [3.63, 3.8) is 0 Å². The molecule has 0 saturated heterocycles. The Morgan fingerprint density at radius 2 is 1.85 bits per heavy atom. The lowest BCUT2D eigenvalue weighted by atomic mass is 10.2. The van der Waals surface area contributed by atoms with Gasteiger partial charge in [-0.2, -0.15) is 9.69 Å². The van der Waals surface area contributed by atoms with Crippen LogP contribution in [0.1, 0.15) is 32.1 Å². The van der Waals surface area contributed by atoms with Crippen LogP contribution in [0.5, 0.6) is 5.75 Å². The third kappa shape index (κ3) is 2.84. The zero-order chi connectivity index (χ0) is 13.8. The number of amidine groups is 1. The highest BCUT2D eigenvalue weighted by Crippen LogP contribution is 2.17. The molecule has 4 heteroatoms. The number of hydrogen-bond acceptors (Lipinski definition) is 2. The van der Waals surface area contributed by atoms with E-state index in [1.165, 1.54) is 19.3 Å². The molecule has 3 rings (SSSR count). The summed E-state index contributed by atoms with van der Waals surface area (Å²) in [6, 6.07) is 9.31. The van der Waals surface area contributed by atoms with E-state index in [0.717, 1.165) is 38.3 Å². The van der Waals surface area contributed by atoms with Crippen LogP contribution < -0.4 is 4.74 Å². The number of amides is 1. The highest BCUT2D eigenvalue weighted by molar-refractivity contribution is 5.93. The molecule has 20 heavy (non-hydrogen) atoms. The van der Waals surface area contributed by atoms with Gasteiger partial charge < -0.3 is 4.74 Å². The molecule has 0 radical (unpaired) electrons. The summed E-state index contributed by atoms with van der Waals surface area (Å²) in [5.74, 6) is 1.78. The Kier molecular flexibility index (Phi) is 4.00. The van der Waals surface area contributed by atoms with E-state index in [9.17, 15) is 4.79 Å². The molecule has 0 unspecified atom stereocenters. The highest BCUT2D eigenvalue weighted by Gasteiger charge is 2.35. The Bertz CT molecular complexity index is 510. The number of para-hydroxylation sites is 1. The lowest BCUT2D eigenvalue weighted by molar-refractivity contribution is -0.537. The molecule has 106 valence electrons. The molecule has 1 aromatic rings. The van der Waals surface area contributed by atoms with Crippen molar-refractivity contribution in [2.24, 2.45) is 0 Å². The van der Waals surface area contributed by atoms with Gasteiger partial charge in [0.15, 0.2) is 0 Å². The van der Waals surface area contributed by atoms with E-state index < -0.39 is 0 Å². The summed E-state index contributed by atoms with van der Waals surface area (Å²) in [4.78, 5) is 14.2. The second-order valence-corrected chi connectivity index (χ2v) is 5.40. The second-order valence-electron chi connectivity index (χ2n) is 5.40. The Morgan fingerprint density at radius 3 is 2.70 bits per heavy atom. The number of rotatable bonds is 1. The van der Waals surface area contributed by atoms with Gasteiger partial charge in [-0.05, 0) is 31.4 Å². The molecule has 2 aliphatic rings. The highest BCUT2D eigenvalue weighted by atomic mass is 16.6. The molecule has 0 atom stereocenters. The minimum absolute atomic E-state index is 0.238. The molecule has 4 nitrogen and oxygen atoms in total. The van der Waals surface area contributed by atoms with Crippen LogP contribution in [0, 0.1) is 0 Å². The van der Waals surface area contributed by atoms with Gasteiger partial charge in [-0.3, -0.25) is 4.58 Å². The number of hydrogen-bond donors (Lipinski definition) is 0. The Balaban J connectivity index is 1.76. The topological polar surface area (TPSA) is 32.5 Å². The summed E-state index contributed by atoms with van der Waals surface area (Å²) >= 11 is 0. The van der Waals surface area contributed by atoms with E-state index in [2.05, 4.69) is 4.58 Å². The van der Waals surface area contributed by atoms with Crippen LogP contribution in [-0.2, 0) is 0 Å². The summed E-state index contributed by atoms with van der Waals surface area (Å²) in [6.45, 7) is 2.92. The third-order valence-corrected chi connectivity index (χ3v) is 3.98. The summed E-state index contributed by atoms with van der Waals surface area (Å²) in [6.07, 6.45) is 5.42. The normalized spacial score (nSPS) is 19.3. The van der Waals surface area contributed by atoms with Crippen LogP contribution in [0.15, 0.2) is 30.3 Å². The van der Waals surface area contributed by atoms with Crippen LogP contribution >= 0.6 is 0 Å². The quantitative estimate of drug-likeness (QED) is 0.737. The Labute approximate surface area is 119 Å². The van der Waals surface area contributed by atoms with Crippen molar-refractivity contribution >= 4 is 11.9 Å². The van der Waals surface area contributed by atoms with Crippen molar-refractivity contribution in [1.82, 2.24) is 4.90 Å². The summed E-state index contributed by atoms with van der Waals surface area (Å²) in [5, 5.41) is 0. The zero-order valence-electron chi connectivity index (χ0n) is 11.8. The molecule has 0 spiro atoms. The largest absolute Gasteiger partial charge is 0.512 e. The molecular weight excluding hydrogens is 252 g/mol. The van der Waals surface area contributed by atoms with Crippen molar-refractivity contribution < 1.29 is 14.1 Å². The minimum atomic E-state index is -0.238. The summed E-state index contributed by atoms with van der Waals surface area (Å²) < 4.78 is 7.85. The van der Waals surface area contributed by atoms with Gasteiger partial charge in [0, 0.05) is 12.8 Å². The van der Waals surface area contributed by atoms with Crippen LogP contribution in [0.4, 0.5) is 4.79 Å². The SMILES string of the molecule is O=C(Oc1ccccc1)N1CCC[N+]2=C1CCCCC2. The van der Waals surface area contributed by atoms with Crippen molar-refractivity contribution in [3.05, 3.63) is 30.3 Å². The van der Waals surface area contributed by atoms with Gasteiger partial charge in [-0.25, -0.2) is 0 Å². The third-order valence-electron chi connectivity index (χ3n) is 3.98. The van der Waals surface area contributed by atoms with Gasteiger partial charge in [-0.15, -0.1) is 0 Å². The number of carbonyl (C=O) groups excluding carboxylic acids is 1. The number of nitrogens with zero attached hydrogens (tertiary/aromatic N) is 2. The van der Waals surface area contributed by atoms with Gasteiger partial charge in [-0.1, -0.05) is 18.2 Å². The molecule has 0 bridgehead atoms. The summed E-state index contributed by atoms with van der Waals surface area (Å²) in [7, 11) is 0. The molecule has 2 aliphatic heterocycles. The van der Waals surface area contributed by atoms with Crippen LogP contribution in [0.25, 0.3) is 0 Å². The second kappa shape index (κ2) is 6.07. The van der Waals surface area contributed by atoms with Gasteiger partial charge >= 0.3 is 6.09 Å². The van der Waals surface area contributed by atoms with Gasteiger partial charge in [0.1, 0.15) is 12.3 Å². The minimum Gasteiger partial charge on any atom is -0.392 e. The molecule has 0 aromatic heterocycles. The van der Waals surface area contributed by atoms with Crippen LogP contribution in [0.3, 0.4) is 0 Å². The van der Waals surface area contributed by atoms with E-state index in [0.29, 0.717) is 5.75 Å². The molecular formula is C16H21N2O2+. The van der Waals surface area contributed by atoms with Crippen molar-refractivity contribution in [2.45, 2.75) is 32.1 Å². The first-order valence-corrected chi connectivity index (χ1v) is 7.50. The van der Waals surface area contributed by atoms with Crippen molar-refractivity contribution in [1.29, 1.82) is 0 Å². The first-order valence-electron chi connectivity index (χ1n) is 7.50. The maximum atomic E-state index is 12.4. The fourth-order valence-corrected chi connectivity index (χ4v) is 2.99. The van der Waals surface area contributed by atoms with Crippen molar-refractivity contribution in [3.8, 4) is 5.75 Å². The lowest BCUT2D eigenvalue weighted by Gasteiger charge is -2.23. The number of ether oxygens (including phenoxy) is 1. The molecule has 0 saturated carbocycles. The molecule has 0 aliphatic carbocycles. The van der Waals surface area contributed by atoms with Crippen LogP contribution in [-0.4, -0.2) is 41.0 Å².